The van der Waals surface area contributed by atoms with Gasteiger partial charge >= 0.3 is 6.03 Å². The Bertz CT molecular complexity index is 767. The second-order valence-corrected chi connectivity index (χ2v) is 7.03. The van der Waals surface area contributed by atoms with Crippen LogP contribution >= 0.6 is 0 Å². The molecule has 1 aliphatic rings. The van der Waals surface area contributed by atoms with Crippen molar-refractivity contribution in [3.05, 3.63) is 48.5 Å². The molecule has 1 fully saturated rings. The molecule has 6 nitrogen and oxygen atoms in total. The van der Waals surface area contributed by atoms with Crippen molar-refractivity contribution in [1.82, 2.24) is 10.2 Å². The lowest BCUT2D eigenvalue weighted by molar-refractivity contribution is 0.0917. The highest BCUT2D eigenvalue weighted by molar-refractivity contribution is 5.92. The van der Waals surface area contributed by atoms with E-state index in [9.17, 15) is 9.90 Å². The molecule has 0 radical (unpaired) electrons. The van der Waals surface area contributed by atoms with Gasteiger partial charge in [-0.1, -0.05) is 42.8 Å². The van der Waals surface area contributed by atoms with Gasteiger partial charge in [-0.2, -0.15) is 0 Å². The second kappa shape index (κ2) is 10.1. The molecular weight excluding hydrogens is 354 g/mol. The molecule has 1 heterocycles. The number of anilines is 1. The van der Waals surface area contributed by atoms with Gasteiger partial charge in [0, 0.05) is 19.1 Å². The molecule has 0 spiro atoms. The molecule has 3 rings (SSSR count). The van der Waals surface area contributed by atoms with Crippen LogP contribution in [0.4, 0.5) is 10.5 Å². The van der Waals surface area contributed by atoms with E-state index in [1.807, 2.05) is 48.5 Å². The zero-order valence-corrected chi connectivity index (χ0v) is 16.4. The molecule has 28 heavy (non-hydrogen) atoms. The molecule has 3 N–H and O–H groups in total. The quantitative estimate of drug-likeness (QED) is 0.686. The Balaban J connectivity index is 1.58. The van der Waals surface area contributed by atoms with Crippen molar-refractivity contribution in [3.8, 4) is 16.9 Å². The van der Waals surface area contributed by atoms with Gasteiger partial charge in [0.2, 0.25) is 0 Å². The number of ether oxygens (including phenoxy) is 1. The summed E-state index contributed by atoms with van der Waals surface area (Å²) in [6.07, 6.45) is 3.32. The van der Waals surface area contributed by atoms with Crippen LogP contribution in [-0.2, 0) is 0 Å². The Morgan fingerprint density at radius 3 is 2.75 bits per heavy atom. The molecule has 6 heteroatoms. The minimum atomic E-state index is -0.263. The van der Waals surface area contributed by atoms with Crippen molar-refractivity contribution in [2.45, 2.75) is 25.3 Å². The molecule has 2 aromatic carbocycles. The average molecular weight is 383 g/mol. The third-order valence-electron chi connectivity index (χ3n) is 5.20. The van der Waals surface area contributed by atoms with E-state index in [4.69, 9.17) is 4.74 Å². The lowest BCUT2D eigenvalue weighted by Gasteiger charge is -2.34. The van der Waals surface area contributed by atoms with Gasteiger partial charge in [0.05, 0.1) is 19.4 Å². The number of methoxy groups -OCH3 is 1. The largest absolute Gasteiger partial charge is 0.495 e. The number of hydrogen-bond donors (Lipinski definition) is 3. The molecule has 2 amide bonds. The third-order valence-corrected chi connectivity index (χ3v) is 5.20. The number of likely N-dealkylation sites (tertiary alicyclic amines) is 1. The Morgan fingerprint density at radius 1 is 1.18 bits per heavy atom. The Morgan fingerprint density at radius 2 is 2.00 bits per heavy atom. The maximum atomic E-state index is 12.4. The fourth-order valence-electron chi connectivity index (χ4n) is 3.66. The highest BCUT2D eigenvalue weighted by Gasteiger charge is 2.21. The smallest absolute Gasteiger partial charge is 0.319 e. The molecule has 0 aliphatic carbocycles. The molecule has 0 unspecified atom stereocenters. The molecule has 150 valence electrons. The van der Waals surface area contributed by atoms with Crippen molar-refractivity contribution >= 4 is 11.7 Å². The summed E-state index contributed by atoms with van der Waals surface area (Å²) in [5.41, 5.74) is 2.72. The summed E-state index contributed by atoms with van der Waals surface area (Å²) in [7, 11) is 1.59. The SMILES string of the molecule is COc1ccc(-c2ccccc2)cc1NC(=O)NCCN1CCCC[C@@H]1CO. The number of nitrogens with one attached hydrogen (secondary N) is 2. The summed E-state index contributed by atoms with van der Waals surface area (Å²) >= 11 is 0. The van der Waals surface area contributed by atoms with Crippen LogP contribution in [-0.4, -0.2) is 55.4 Å². The molecule has 1 saturated heterocycles. The van der Waals surface area contributed by atoms with Crippen LogP contribution in [0.3, 0.4) is 0 Å². The third kappa shape index (κ3) is 5.24. The fraction of sp³-hybridized carbons (Fsp3) is 0.409. The summed E-state index contributed by atoms with van der Waals surface area (Å²) in [6, 6.07) is 15.7. The molecular formula is C22H29N3O3. The number of benzene rings is 2. The van der Waals surface area contributed by atoms with Crippen LogP contribution in [0, 0.1) is 0 Å². The number of hydrogen-bond acceptors (Lipinski definition) is 4. The van der Waals surface area contributed by atoms with Gasteiger partial charge in [0.25, 0.3) is 0 Å². The first-order valence-corrected chi connectivity index (χ1v) is 9.84. The highest BCUT2D eigenvalue weighted by atomic mass is 16.5. The van der Waals surface area contributed by atoms with Crippen LogP contribution in [0.1, 0.15) is 19.3 Å². The predicted molar refractivity (Wildman–Crippen MR) is 112 cm³/mol. The monoisotopic (exact) mass is 383 g/mol. The van der Waals surface area contributed by atoms with E-state index in [1.165, 1.54) is 0 Å². The number of aliphatic hydroxyl groups is 1. The predicted octanol–water partition coefficient (Wildman–Crippen LogP) is 3.33. The Labute approximate surface area is 166 Å². The van der Waals surface area contributed by atoms with Gasteiger partial charge in [0.1, 0.15) is 5.75 Å². The Kier molecular flexibility index (Phi) is 7.28. The van der Waals surface area contributed by atoms with Gasteiger partial charge in [-0.15, -0.1) is 0 Å². The topological polar surface area (TPSA) is 73.8 Å². The van der Waals surface area contributed by atoms with E-state index in [0.717, 1.165) is 43.5 Å². The van der Waals surface area contributed by atoms with Gasteiger partial charge in [-0.25, -0.2) is 4.79 Å². The number of aliphatic hydroxyl groups excluding tert-OH is 1. The van der Waals surface area contributed by atoms with Gasteiger partial charge in [-0.05, 0) is 42.6 Å². The van der Waals surface area contributed by atoms with Crippen LogP contribution in [0.5, 0.6) is 5.75 Å². The van der Waals surface area contributed by atoms with Gasteiger partial charge in [-0.3, -0.25) is 4.90 Å². The zero-order valence-electron chi connectivity index (χ0n) is 16.4. The van der Waals surface area contributed by atoms with Gasteiger partial charge < -0.3 is 20.5 Å². The summed E-state index contributed by atoms with van der Waals surface area (Å²) in [4.78, 5) is 14.6. The summed E-state index contributed by atoms with van der Waals surface area (Å²) < 4.78 is 5.39. The lowest BCUT2D eigenvalue weighted by Crippen LogP contribution is -2.46. The van der Waals surface area contributed by atoms with E-state index < -0.39 is 0 Å². The number of carbonyl (C=O) groups excluding carboxylic acids is 1. The minimum Gasteiger partial charge on any atom is -0.495 e. The number of urea groups is 1. The van der Waals surface area contributed by atoms with Crippen molar-refractivity contribution in [2.75, 3.05) is 38.7 Å². The molecule has 1 atom stereocenters. The van der Waals surface area contributed by atoms with Gasteiger partial charge in [0.15, 0.2) is 0 Å². The van der Waals surface area contributed by atoms with Crippen LogP contribution in [0.2, 0.25) is 0 Å². The standard InChI is InChI=1S/C22H29N3O3/c1-28-21-11-10-18(17-7-3-2-4-8-17)15-20(21)24-22(27)23-12-14-25-13-6-5-9-19(25)16-26/h2-4,7-8,10-11,15,19,26H,5-6,9,12-14,16H2,1H3,(H2,23,24,27)/t19-/m1/s1. The molecule has 0 saturated carbocycles. The van der Waals surface area contributed by atoms with Crippen molar-refractivity contribution in [1.29, 1.82) is 0 Å². The first kappa shape index (κ1) is 20.2. The number of carbonyl (C=O) groups is 1. The maximum Gasteiger partial charge on any atom is 0.319 e. The van der Waals surface area contributed by atoms with E-state index >= 15 is 0 Å². The number of amides is 2. The number of piperidine rings is 1. The van der Waals surface area contributed by atoms with E-state index in [1.54, 1.807) is 7.11 Å². The average Bonchev–Trinajstić information content (AvgIpc) is 2.74. The van der Waals surface area contributed by atoms with E-state index in [0.29, 0.717) is 18.0 Å². The summed E-state index contributed by atoms with van der Waals surface area (Å²) in [5, 5.41) is 15.3. The maximum absolute atomic E-state index is 12.4. The zero-order chi connectivity index (χ0) is 19.8. The lowest BCUT2D eigenvalue weighted by atomic mass is 10.0. The highest BCUT2D eigenvalue weighted by Crippen LogP contribution is 2.30. The molecule has 1 aliphatic heterocycles. The van der Waals surface area contributed by atoms with Crippen LogP contribution in [0.15, 0.2) is 48.5 Å². The first-order valence-electron chi connectivity index (χ1n) is 9.84. The molecule has 2 aromatic rings. The summed E-state index contributed by atoms with van der Waals surface area (Å²) in [5.74, 6) is 0.617. The Hall–Kier alpha value is -2.57. The number of rotatable bonds is 7. The van der Waals surface area contributed by atoms with Crippen LogP contribution in [0.25, 0.3) is 11.1 Å². The fourth-order valence-corrected chi connectivity index (χ4v) is 3.66. The number of nitrogens with zero attached hydrogens (tertiary/aromatic N) is 1. The minimum absolute atomic E-state index is 0.176. The normalized spacial score (nSPS) is 17.1. The molecule has 0 aromatic heterocycles. The van der Waals surface area contributed by atoms with Crippen molar-refractivity contribution in [3.63, 3.8) is 0 Å². The summed E-state index contributed by atoms with van der Waals surface area (Å²) in [6.45, 7) is 2.42. The van der Waals surface area contributed by atoms with Crippen LogP contribution < -0.4 is 15.4 Å². The van der Waals surface area contributed by atoms with Crippen molar-refractivity contribution < 1.29 is 14.6 Å². The second-order valence-electron chi connectivity index (χ2n) is 7.03. The first-order chi connectivity index (χ1) is 13.7. The van der Waals surface area contributed by atoms with Crippen molar-refractivity contribution in [2.24, 2.45) is 0 Å². The molecule has 0 bridgehead atoms. The van der Waals surface area contributed by atoms with E-state index in [-0.39, 0.29) is 18.7 Å². The van der Waals surface area contributed by atoms with E-state index in [2.05, 4.69) is 15.5 Å².